The first-order valence-corrected chi connectivity index (χ1v) is 12.6. The number of pyridine rings is 1. The van der Waals surface area contributed by atoms with Crippen LogP contribution in [-0.2, 0) is 11.2 Å². The van der Waals surface area contributed by atoms with Gasteiger partial charge in [0.1, 0.15) is 12.4 Å². The zero-order valence-corrected chi connectivity index (χ0v) is 21.4. The monoisotopic (exact) mass is 517 g/mol. The van der Waals surface area contributed by atoms with Crippen LogP contribution in [-0.4, -0.2) is 76.8 Å². The van der Waals surface area contributed by atoms with Crippen LogP contribution in [0.3, 0.4) is 0 Å². The van der Waals surface area contributed by atoms with Gasteiger partial charge >= 0.3 is 5.97 Å². The van der Waals surface area contributed by atoms with E-state index >= 15 is 4.39 Å². The number of halogens is 2. The highest BCUT2D eigenvalue weighted by Crippen LogP contribution is 2.43. The van der Waals surface area contributed by atoms with Gasteiger partial charge in [0.05, 0.1) is 24.8 Å². The molecule has 2 aromatic heterocycles. The lowest BCUT2D eigenvalue weighted by Gasteiger charge is -2.42. The molecule has 9 heteroatoms. The summed E-state index contributed by atoms with van der Waals surface area (Å²) in [6.07, 6.45) is 1.84. The first-order chi connectivity index (χ1) is 18.9. The summed E-state index contributed by atoms with van der Waals surface area (Å²) in [5.74, 6) is -2.01. The van der Waals surface area contributed by atoms with Crippen molar-refractivity contribution in [3.63, 3.8) is 0 Å². The van der Waals surface area contributed by atoms with Gasteiger partial charge in [-0.25, -0.2) is 9.37 Å². The summed E-state index contributed by atoms with van der Waals surface area (Å²) in [7, 11) is 0. The zero-order valence-electron chi connectivity index (χ0n) is 24.4. The number of carboxylic acid groups (broad SMARTS) is 1. The third-order valence-corrected chi connectivity index (χ3v) is 7.14. The number of carboxylic acids is 1. The van der Waals surface area contributed by atoms with E-state index in [-0.39, 0.29) is 44.6 Å². The third-order valence-electron chi connectivity index (χ3n) is 7.14. The molecule has 1 unspecified atom stereocenters. The Morgan fingerprint density at radius 3 is 2.92 bits per heavy atom. The summed E-state index contributed by atoms with van der Waals surface area (Å²) in [4.78, 5) is 22.6. The van der Waals surface area contributed by atoms with Gasteiger partial charge in [-0.2, -0.15) is 0 Å². The Kier molecular flexibility index (Phi) is 7.22. The fourth-order valence-corrected chi connectivity index (χ4v) is 5.17. The smallest absolute Gasteiger partial charge is 0.307 e. The number of ether oxygens (including phenoxy) is 1. The Labute approximate surface area is 220 Å². The van der Waals surface area contributed by atoms with Gasteiger partial charge in [-0.05, 0) is 45.3 Å². The molecule has 2 N–H and O–H groups in total. The fraction of sp³-hybridized carbons (Fsp3) is 0.500. The molecule has 3 atom stereocenters. The number of para-hydroxylation sites is 1. The van der Waals surface area contributed by atoms with Crippen LogP contribution >= 0.6 is 0 Å². The molecule has 0 saturated heterocycles. The molecule has 0 saturated carbocycles. The molecular weight excluding hydrogens is 478 g/mol. The predicted octanol–water partition coefficient (Wildman–Crippen LogP) is 4.74. The second-order valence-electron chi connectivity index (χ2n) is 9.78. The van der Waals surface area contributed by atoms with Crippen molar-refractivity contribution in [1.82, 2.24) is 19.8 Å². The fourth-order valence-electron chi connectivity index (χ4n) is 5.17. The van der Waals surface area contributed by atoms with Crippen LogP contribution in [0.2, 0.25) is 0 Å². The number of aromatic amines is 1. The number of carbonyl (C=O) groups is 1. The molecule has 0 fully saturated rings. The SMILES string of the molecule is [2H]C([2H])([2H])N(CCCF)CCOc1ncc(F)c([C@@H]2c3[nH]c4ccccc4c3C[C@@H](C)N2CC(C)C(=O)O)c1C. The highest BCUT2D eigenvalue weighted by molar-refractivity contribution is 5.85. The van der Waals surface area contributed by atoms with Gasteiger partial charge in [0.15, 0.2) is 0 Å². The molecule has 1 aromatic carbocycles. The summed E-state index contributed by atoms with van der Waals surface area (Å²) < 4.78 is 57.3. The number of fused-ring (bicyclic) bond motifs is 3. The van der Waals surface area contributed by atoms with Gasteiger partial charge in [-0.3, -0.25) is 14.1 Å². The molecule has 1 aliphatic rings. The maximum atomic E-state index is 15.7. The summed E-state index contributed by atoms with van der Waals surface area (Å²) >= 11 is 0. The lowest BCUT2D eigenvalue weighted by Crippen LogP contribution is -2.46. The minimum atomic E-state index is -2.40. The van der Waals surface area contributed by atoms with E-state index in [1.165, 1.54) is 4.90 Å². The summed E-state index contributed by atoms with van der Waals surface area (Å²) in [5.41, 5.74) is 3.55. The van der Waals surface area contributed by atoms with Gasteiger partial charge < -0.3 is 19.7 Å². The van der Waals surface area contributed by atoms with Crippen LogP contribution in [0.5, 0.6) is 5.88 Å². The van der Waals surface area contributed by atoms with Crippen molar-refractivity contribution in [1.29, 1.82) is 0 Å². The molecule has 3 heterocycles. The number of H-pyrrole nitrogens is 1. The summed E-state index contributed by atoms with van der Waals surface area (Å²) in [5, 5.41) is 10.7. The van der Waals surface area contributed by atoms with Crippen LogP contribution in [0.4, 0.5) is 8.78 Å². The number of nitrogens with zero attached hydrogens (tertiary/aromatic N) is 3. The van der Waals surface area contributed by atoms with Crippen molar-refractivity contribution in [3.05, 3.63) is 58.7 Å². The standard InChI is InChI=1S/C28H36F2N4O3/c1-17(28(35)36)16-34-18(2)14-21-20-8-5-6-9-23(20)32-25(21)26(34)24-19(3)27(31-15-22(24)30)37-13-12-33(4)11-7-10-29/h5-6,8-9,15,17-18,26,32H,7,10-14,16H2,1-4H3,(H,35,36)/t17?,18-,26-/m1/s1/i4D3. The molecule has 0 radical (unpaired) electrons. The van der Waals surface area contributed by atoms with Gasteiger partial charge in [0, 0.05) is 57.5 Å². The predicted molar refractivity (Wildman–Crippen MR) is 139 cm³/mol. The average molecular weight is 518 g/mol. The van der Waals surface area contributed by atoms with Crippen molar-refractivity contribution in [2.75, 3.05) is 39.9 Å². The van der Waals surface area contributed by atoms with Gasteiger partial charge in [-0.15, -0.1) is 0 Å². The molecular formula is C28H36F2N4O3. The number of benzene rings is 1. The van der Waals surface area contributed by atoms with Crippen molar-refractivity contribution in [2.24, 2.45) is 5.92 Å². The van der Waals surface area contributed by atoms with Crippen LogP contribution in [0.25, 0.3) is 10.9 Å². The van der Waals surface area contributed by atoms with Crippen LogP contribution < -0.4 is 4.74 Å². The van der Waals surface area contributed by atoms with E-state index in [9.17, 15) is 14.3 Å². The van der Waals surface area contributed by atoms with E-state index in [4.69, 9.17) is 8.85 Å². The summed E-state index contributed by atoms with van der Waals surface area (Å²) in [6.45, 7) is 2.55. The molecule has 7 nitrogen and oxygen atoms in total. The minimum Gasteiger partial charge on any atom is -0.481 e. The van der Waals surface area contributed by atoms with Crippen LogP contribution in [0, 0.1) is 18.7 Å². The van der Waals surface area contributed by atoms with E-state index in [0.717, 1.165) is 28.4 Å². The highest BCUT2D eigenvalue weighted by atomic mass is 19.1. The van der Waals surface area contributed by atoms with Crippen molar-refractivity contribution < 1.29 is 27.5 Å². The number of rotatable bonds is 11. The first-order valence-electron chi connectivity index (χ1n) is 14.1. The highest BCUT2D eigenvalue weighted by Gasteiger charge is 2.39. The number of nitrogens with one attached hydrogen (secondary N) is 1. The van der Waals surface area contributed by atoms with E-state index in [1.807, 2.05) is 36.1 Å². The van der Waals surface area contributed by atoms with Gasteiger partial charge in [0.25, 0.3) is 0 Å². The molecule has 1 aliphatic heterocycles. The third kappa shape index (κ3) is 5.62. The molecule has 200 valence electrons. The molecule has 0 amide bonds. The first kappa shape index (κ1) is 23.1. The largest absolute Gasteiger partial charge is 0.481 e. The number of hydrogen-bond acceptors (Lipinski definition) is 5. The zero-order chi connectivity index (χ0) is 29.2. The van der Waals surface area contributed by atoms with Gasteiger partial charge in [-0.1, -0.05) is 25.1 Å². The maximum absolute atomic E-state index is 15.7. The average Bonchev–Trinajstić information content (AvgIpc) is 3.26. The van der Waals surface area contributed by atoms with Gasteiger partial charge in [0.2, 0.25) is 5.88 Å². The van der Waals surface area contributed by atoms with Crippen LogP contribution in [0.1, 0.15) is 52.8 Å². The van der Waals surface area contributed by atoms with Crippen LogP contribution in [0.15, 0.2) is 30.5 Å². The molecule has 3 aromatic rings. The Balaban J connectivity index is 1.73. The van der Waals surface area contributed by atoms with E-state index in [1.54, 1.807) is 13.8 Å². The normalized spacial score (nSPS) is 20.3. The van der Waals surface area contributed by atoms with Crippen molar-refractivity contribution >= 4 is 16.9 Å². The molecule has 0 aliphatic carbocycles. The second kappa shape index (κ2) is 11.6. The lowest BCUT2D eigenvalue weighted by molar-refractivity contribution is -0.142. The van der Waals surface area contributed by atoms with Crippen molar-refractivity contribution in [2.45, 2.75) is 45.7 Å². The topological polar surface area (TPSA) is 81.7 Å². The van der Waals surface area contributed by atoms with E-state index in [2.05, 4.69) is 9.97 Å². The number of aromatic nitrogens is 2. The number of aliphatic carboxylic acids is 1. The Morgan fingerprint density at radius 1 is 1.41 bits per heavy atom. The maximum Gasteiger partial charge on any atom is 0.307 e. The summed E-state index contributed by atoms with van der Waals surface area (Å²) in [6, 6.07) is 7.15. The van der Waals surface area contributed by atoms with E-state index < -0.39 is 37.4 Å². The minimum absolute atomic E-state index is 0.0131. The Bertz CT molecular complexity index is 1350. The second-order valence-corrected chi connectivity index (χ2v) is 9.78. The van der Waals surface area contributed by atoms with E-state index in [0.29, 0.717) is 17.5 Å². The lowest BCUT2D eigenvalue weighted by atomic mass is 9.86. The molecule has 37 heavy (non-hydrogen) atoms. The molecule has 0 spiro atoms. The quantitative estimate of drug-likeness (QED) is 0.383. The Morgan fingerprint density at radius 2 is 2.19 bits per heavy atom. The van der Waals surface area contributed by atoms with Crippen molar-refractivity contribution in [3.8, 4) is 5.88 Å². The number of likely N-dealkylation sites (N-methyl/N-ethyl adjacent to an activating group) is 1. The molecule has 4 rings (SSSR count). The Hall–Kier alpha value is -3.04. The molecule has 0 bridgehead atoms. The number of alkyl halides is 1. The number of hydrogen-bond donors (Lipinski definition) is 2.